The Labute approximate surface area is 136 Å². The van der Waals surface area contributed by atoms with Crippen molar-refractivity contribution >= 4 is 23.2 Å². The van der Waals surface area contributed by atoms with E-state index in [4.69, 9.17) is 23.2 Å². The monoisotopic (exact) mass is 325 g/mol. The molecule has 0 radical (unpaired) electrons. The van der Waals surface area contributed by atoms with Crippen LogP contribution in [0.3, 0.4) is 0 Å². The third-order valence-corrected chi connectivity index (χ3v) is 4.38. The molecule has 0 aliphatic rings. The molecule has 5 heteroatoms. The maximum Gasteiger partial charge on any atom is 0.0643 e. The number of aromatic nitrogens is 2. The van der Waals surface area contributed by atoms with Gasteiger partial charge >= 0.3 is 0 Å². The highest BCUT2D eigenvalue weighted by atomic mass is 35.5. The Morgan fingerprint density at radius 2 is 2.05 bits per heavy atom. The first-order valence-corrected chi connectivity index (χ1v) is 7.97. The predicted octanol–water partition coefficient (Wildman–Crippen LogP) is 4.66. The standard InChI is InChI=1S/C16H21Cl2N3/c1-4-11(2)21-8-7-13(20-21)10-16(19-3)14-9-12(17)5-6-15(14)18/h5-9,11,16,19H,4,10H2,1-3H3. The van der Waals surface area contributed by atoms with Crippen LogP contribution in [0.1, 0.15) is 43.6 Å². The molecule has 114 valence electrons. The van der Waals surface area contributed by atoms with Gasteiger partial charge in [0.2, 0.25) is 0 Å². The first-order valence-electron chi connectivity index (χ1n) is 7.21. The lowest BCUT2D eigenvalue weighted by atomic mass is 10.0. The van der Waals surface area contributed by atoms with Gasteiger partial charge in [0.1, 0.15) is 0 Å². The second-order valence-corrected chi connectivity index (χ2v) is 6.10. The molecule has 0 spiro atoms. The van der Waals surface area contributed by atoms with Crippen molar-refractivity contribution in [3.63, 3.8) is 0 Å². The SMILES string of the molecule is CCC(C)n1ccc(CC(NC)c2cc(Cl)ccc2Cl)n1. The van der Waals surface area contributed by atoms with Gasteiger partial charge in [-0.1, -0.05) is 30.1 Å². The van der Waals surface area contributed by atoms with Gasteiger partial charge in [0.05, 0.1) is 5.69 Å². The molecule has 3 nitrogen and oxygen atoms in total. The Bertz CT molecular complexity index is 595. The van der Waals surface area contributed by atoms with Gasteiger partial charge in [-0.2, -0.15) is 5.10 Å². The molecule has 0 aliphatic carbocycles. The molecule has 2 unspecified atom stereocenters. The Kier molecular flexibility index (Phi) is 5.68. The van der Waals surface area contributed by atoms with E-state index in [9.17, 15) is 0 Å². The van der Waals surface area contributed by atoms with Gasteiger partial charge in [-0.3, -0.25) is 4.68 Å². The Hall–Kier alpha value is -1.03. The van der Waals surface area contributed by atoms with Gasteiger partial charge in [0.15, 0.2) is 0 Å². The smallest absolute Gasteiger partial charge is 0.0643 e. The largest absolute Gasteiger partial charge is 0.313 e. The average molecular weight is 326 g/mol. The van der Waals surface area contributed by atoms with E-state index in [0.29, 0.717) is 11.1 Å². The van der Waals surface area contributed by atoms with Gasteiger partial charge < -0.3 is 5.32 Å². The summed E-state index contributed by atoms with van der Waals surface area (Å²) in [6.07, 6.45) is 3.88. The molecule has 0 bridgehead atoms. The molecular weight excluding hydrogens is 305 g/mol. The van der Waals surface area contributed by atoms with Crippen molar-refractivity contribution in [1.82, 2.24) is 15.1 Å². The maximum atomic E-state index is 6.29. The van der Waals surface area contributed by atoms with Crippen molar-refractivity contribution in [3.05, 3.63) is 51.8 Å². The fourth-order valence-corrected chi connectivity index (χ4v) is 2.71. The number of nitrogens with zero attached hydrogens (tertiary/aromatic N) is 2. The van der Waals surface area contributed by atoms with E-state index in [-0.39, 0.29) is 6.04 Å². The molecular formula is C16H21Cl2N3. The quantitative estimate of drug-likeness (QED) is 0.836. The summed E-state index contributed by atoms with van der Waals surface area (Å²) in [4.78, 5) is 0. The fourth-order valence-electron chi connectivity index (χ4n) is 2.28. The number of rotatable bonds is 6. The summed E-state index contributed by atoms with van der Waals surface area (Å²) >= 11 is 12.4. The molecule has 0 amide bonds. The van der Waals surface area contributed by atoms with Crippen molar-refractivity contribution < 1.29 is 0 Å². The normalized spacial score (nSPS) is 14.1. The number of halogens is 2. The number of benzene rings is 1. The lowest BCUT2D eigenvalue weighted by Gasteiger charge is -2.17. The Balaban J connectivity index is 2.19. The number of likely N-dealkylation sites (N-methyl/N-ethyl adjacent to an activating group) is 1. The lowest BCUT2D eigenvalue weighted by Crippen LogP contribution is -2.19. The van der Waals surface area contributed by atoms with E-state index in [2.05, 4.69) is 30.3 Å². The Morgan fingerprint density at radius 1 is 1.29 bits per heavy atom. The van der Waals surface area contributed by atoms with Crippen LogP contribution >= 0.6 is 23.2 Å². The van der Waals surface area contributed by atoms with Crippen molar-refractivity contribution in [3.8, 4) is 0 Å². The number of nitrogens with one attached hydrogen (secondary N) is 1. The minimum atomic E-state index is 0.0940. The summed E-state index contributed by atoms with van der Waals surface area (Å²) in [6.45, 7) is 4.33. The molecule has 0 aliphatic heterocycles. The van der Waals surface area contributed by atoms with E-state index in [1.807, 2.05) is 30.1 Å². The third-order valence-electron chi connectivity index (χ3n) is 3.80. The highest BCUT2D eigenvalue weighted by Crippen LogP contribution is 2.28. The van der Waals surface area contributed by atoms with Crippen molar-refractivity contribution in [1.29, 1.82) is 0 Å². The molecule has 1 aromatic heterocycles. The first-order chi connectivity index (χ1) is 10.0. The first kappa shape index (κ1) is 16.3. The van der Waals surface area contributed by atoms with Crippen LogP contribution in [0.4, 0.5) is 0 Å². The number of hydrogen-bond donors (Lipinski definition) is 1. The molecule has 2 atom stereocenters. The van der Waals surface area contributed by atoms with Crippen LogP contribution in [0.5, 0.6) is 0 Å². The van der Waals surface area contributed by atoms with E-state index in [0.717, 1.165) is 29.1 Å². The molecule has 0 saturated carbocycles. The zero-order valence-electron chi connectivity index (χ0n) is 12.6. The molecule has 0 fully saturated rings. The second-order valence-electron chi connectivity index (χ2n) is 5.26. The molecule has 21 heavy (non-hydrogen) atoms. The topological polar surface area (TPSA) is 29.9 Å². The fraction of sp³-hybridized carbons (Fsp3) is 0.438. The van der Waals surface area contributed by atoms with E-state index >= 15 is 0 Å². The highest BCUT2D eigenvalue weighted by molar-refractivity contribution is 6.33. The lowest BCUT2D eigenvalue weighted by molar-refractivity contribution is 0.469. The molecule has 0 saturated heterocycles. The van der Waals surface area contributed by atoms with Gasteiger partial charge in [-0.15, -0.1) is 0 Å². The van der Waals surface area contributed by atoms with Gasteiger partial charge in [0.25, 0.3) is 0 Å². The van der Waals surface area contributed by atoms with Gasteiger partial charge in [0, 0.05) is 34.7 Å². The van der Waals surface area contributed by atoms with Gasteiger partial charge in [-0.05, 0) is 50.2 Å². The van der Waals surface area contributed by atoms with Crippen molar-refractivity contribution in [2.45, 2.75) is 38.8 Å². The molecule has 2 aromatic rings. The van der Waals surface area contributed by atoms with E-state index in [1.54, 1.807) is 6.07 Å². The van der Waals surface area contributed by atoms with Crippen LogP contribution in [-0.4, -0.2) is 16.8 Å². The zero-order valence-corrected chi connectivity index (χ0v) is 14.1. The molecule has 2 rings (SSSR count). The van der Waals surface area contributed by atoms with Crippen LogP contribution in [0, 0.1) is 0 Å². The number of hydrogen-bond acceptors (Lipinski definition) is 2. The van der Waals surface area contributed by atoms with Crippen LogP contribution < -0.4 is 5.32 Å². The second kappa shape index (κ2) is 7.30. The van der Waals surface area contributed by atoms with Crippen molar-refractivity contribution in [2.75, 3.05) is 7.05 Å². The summed E-state index contributed by atoms with van der Waals surface area (Å²) in [5.41, 5.74) is 2.05. The van der Waals surface area contributed by atoms with E-state index in [1.165, 1.54) is 0 Å². The Morgan fingerprint density at radius 3 is 2.71 bits per heavy atom. The van der Waals surface area contributed by atoms with Crippen molar-refractivity contribution in [2.24, 2.45) is 0 Å². The molecule has 1 N–H and O–H groups in total. The van der Waals surface area contributed by atoms with E-state index < -0.39 is 0 Å². The third kappa shape index (κ3) is 4.00. The zero-order chi connectivity index (χ0) is 15.4. The molecule has 1 heterocycles. The van der Waals surface area contributed by atoms with Crippen LogP contribution in [0.15, 0.2) is 30.5 Å². The highest BCUT2D eigenvalue weighted by Gasteiger charge is 2.16. The van der Waals surface area contributed by atoms with Gasteiger partial charge in [-0.25, -0.2) is 0 Å². The summed E-state index contributed by atoms with van der Waals surface area (Å²) in [7, 11) is 1.92. The van der Waals surface area contributed by atoms with Crippen LogP contribution in [-0.2, 0) is 6.42 Å². The maximum absolute atomic E-state index is 6.29. The van der Waals surface area contributed by atoms with Crippen LogP contribution in [0.25, 0.3) is 0 Å². The summed E-state index contributed by atoms with van der Waals surface area (Å²) in [6, 6.07) is 8.13. The minimum Gasteiger partial charge on any atom is -0.313 e. The summed E-state index contributed by atoms with van der Waals surface area (Å²) in [5.74, 6) is 0. The predicted molar refractivity (Wildman–Crippen MR) is 89.2 cm³/mol. The average Bonchev–Trinajstić information content (AvgIpc) is 2.95. The minimum absolute atomic E-state index is 0.0940. The molecule has 1 aromatic carbocycles. The summed E-state index contributed by atoms with van der Waals surface area (Å²) in [5, 5.41) is 9.36. The van der Waals surface area contributed by atoms with Crippen LogP contribution in [0.2, 0.25) is 10.0 Å². The summed E-state index contributed by atoms with van der Waals surface area (Å²) < 4.78 is 2.02.